The molecule has 1 aromatic carbocycles. The largest absolute Gasteiger partial charge is 0.390 e. The van der Waals surface area contributed by atoms with Gasteiger partial charge in [-0.25, -0.2) is 4.98 Å². The molecule has 148 valence electrons. The normalized spacial score (nSPS) is 18.0. The predicted octanol–water partition coefficient (Wildman–Crippen LogP) is 2.19. The van der Waals surface area contributed by atoms with Crippen molar-refractivity contribution in [2.45, 2.75) is 44.4 Å². The van der Waals surface area contributed by atoms with Crippen LogP contribution in [0.3, 0.4) is 0 Å². The van der Waals surface area contributed by atoms with E-state index in [0.717, 1.165) is 38.2 Å². The molecule has 1 fully saturated rings. The van der Waals surface area contributed by atoms with Crippen LogP contribution < -0.4 is 10.6 Å². The summed E-state index contributed by atoms with van der Waals surface area (Å²) in [5.41, 5.74) is 3.29. The number of pyridine rings is 1. The van der Waals surface area contributed by atoms with Gasteiger partial charge < -0.3 is 15.7 Å². The number of aliphatic hydroxyl groups is 1. The fourth-order valence-corrected chi connectivity index (χ4v) is 3.80. The standard InChI is InChI=1S/C22H28N4O2/c27-20(15-26-11-9-16-4-1-2-5-18(16)14-26)13-24-22(28)17-8-10-23-21(12-17)25-19-6-3-7-19/h1-2,4-5,8,10,12,19-20,27H,3,6-7,9,11,13-15H2,(H,23,25)(H,24,28). The van der Waals surface area contributed by atoms with E-state index in [1.54, 1.807) is 18.3 Å². The number of rotatable bonds is 7. The number of aliphatic hydroxyl groups excluding tert-OH is 1. The number of nitrogens with one attached hydrogen (secondary N) is 2. The summed E-state index contributed by atoms with van der Waals surface area (Å²) in [6.45, 7) is 2.58. The quantitative estimate of drug-likeness (QED) is 0.686. The van der Waals surface area contributed by atoms with E-state index >= 15 is 0 Å². The summed E-state index contributed by atoms with van der Waals surface area (Å²) >= 11 is 0. The zero-order valence-electron chi connectivity index (χ0n) is 16.1. The number of carbonyl (C=O) groups excluding carboxylic acids is 1. The highest BCUT2D eigenvalue weighted by Crippen LogP contribution is 2.22. The number of hydrogen-bond acceptors (Lipinski definition) is 5. The van der Waals surface area contributed by atoms with E-state index in [1.165, 1.54) is 17.5 Å². The van der Waals surface area contributed by atoms with Gasteiger partial charge in [-0.1, -0.05) is 24.3 Å². The van der Waals surface area contributed by atoms with E-state index in [4.69, 9.17) is 0 Å². The smallest absolute Gasteiger partial charge is 0.251 e. The minimum Gasteiger partial charge on any atom is -0.390 e. The lowest BCUT2D eigenvalue weighted by molar-refractivity contribution is 0.0842. The Morgan fingerprint density at radius 2 is 2.07 bits per heavy atom. The molecule has 3 N–H and O–H groups in total. The van der Waals surface area contributed by atoms with Crippen molar-refractivity contribution in [3.8, 4) is 0 Å². The summed E-state index contributed by atoms with van der Waals surface area (Å²) in [4.78, 5) is 19.0. The lowest BCUT2D eigenvalue weighted by atomic mass is 9.93. The van der Waals surface area contributed by atoms with E-state index < -0.39 is 6.10 Å². The average molecular weight is 380 g/mol. The van der Waals surface area contributed by atoms with Crippen molar-refractivity contribution in [1.82, 2.24) is 15.2 Å². The number of nitrogens with zero attached hydrogens (tertiary/aromatic N) is 2. The molecule has 0 bridgehead atoms. The van der Waals surface area contributed by atoms with Gasteiger partial charge >= 0.3 is 0 Å². The molecule has 1 aliphatic heterocycles. The fraction of sp³-hybridized carbons (Fsp3) is 0.455. The van der Waals surface area contributed by atoms with Gasteiger partial charge in [-0.3, -0.25) is 9.69 Å². The number of β-amino-alcohol motifs (C(OH)–C–C–N with tert-alkyl or cyclic N) is 1. The summed E-state index contributed by atoms with van der Waals surface area (Å²) in [6, 6.07) is 12.4. The molecule has 2 aliphatic rings. The van der Waals surface area contributed by atoms with Crippen LogP contribution in [0.2, 0.25) is 0 Å². The third kappa shape index (κ3) is 4.69. The van der Waals surface area contributed by atoms with Crippen molar-refractivity contribution in [2.24, 2.45) is 0 Å². The van der Waals surface area contributed by atoms with Crippen molar-refractivity contribution in [1.29, 1.82) is 0 Å². The van der Waals surface area contributed by atoms with Gasteiger partial charge in [0.15, 0.2) is 0 Å². The van der Waals surface area contributed by atoms with Gasteiger partial charge in [-0.2, -0.15) is 0 Å². The van der Waals surface area contributed by atoms with Crippen LogP contribution in [0.5, 0.6) is 0 Å². The summed E-state index contributed by atoms with van der Waals surface area (Å²) in [5, 5.41) is 16.6. The van der Waals surface area contributed by atoms with Gasteiger partial charge in [0.05, 0.1) is 6.10 Å². The van der Waals surface area contributed by atoms with Crippen molar-refractivity contribution in [3.05, 3.63) is 59.3 Å². The molecule has 6 heteroatoms. The topological polar surface area (TPSA) is 77.5 Å². The Labute approximate surface area is 166 Å². The summed E-state index contributed by atoms with van der Waals surface area (Å²) in [5.74, 6) is 0.562. The molecule has 4 rings (SSSR count). The molecule has 6 nitrogen and oxygen atoms in total. The number of anilines is 1. The molecule has 1 saturated carbocycles. The Hall–Kier alpha value is -2.44. The molecular weight excluding hydrogens is 352 g/mol. The highest BCUT2D eigenvalue weighted by Gasteiger charge is 2.20. The lowest BCUT2D eigenvalue weighted by Crippen LogP contribution is -2.42. The lowest BCUT2D eigenvalue weighted by Gasteiger charge is -2.30. The highest BCUT2D eigenvalue weighted by molar-refractivity contribution is 5.94. The first-order valence-electron chi connectivity index (χ1n) is 10.2. The summed E-state index contributed by atoms with van der Waals surface area (Å²) in [7, 11) is 0. The molecule has 0 spiro atoms. The minimum atomic E-state index is -0.594. The third-order valence-electron chi connectivity index (χ3n) is 5.66. The molecule has 0 saturated heterocycles. The van der Waals surface area contributed by atoms with E-state index in [9.17, 15) is 9.90 Å². The maximum atomic E-state index is 12.4. The molecule has 1 aromatic heterocycles. The van der Waals surface area contributed by atoms with Crippen LogP contribution in [-0.2, 0) is 13.0 Å². The van der Waals surface area contributed by atoms with Gasteiger partial charge in [0.25, 0.3) is 5.91 Å². The van der Waals surface area contributed by atoms with Crippen LogP contribution in [-0.4, -0.2) is 52.7 Å². The molecule has 0 radical (unpaired) electrons. The molecule has 1 unspecified atom stereocenters. The van der Waals surface area contributed by atoms with Crippen molar-refractivity contribution >= 4 is 11.7 Å². The van der Waals surface area contributed by atoms with Crippen LogP contribution >= 0.6 is 0 Å². The van der Waals surface area contributed by atoms with Gasteiger partial charge in [0, 0.05) is 44.0 Å². The monoisotopic (exact) mass is 380 g/mol. The minimum absolute atomic E-state index is 0.179. The fourth-order valence-electron chi connectivity index (χ4n) is 3.80. The van der Waals surface area contributed by atoms with Crippen molar-refractivity contribution < 1.29 is 9.90 Å². The second kappa shape index (κ2) is 8.71. The highest BCUT2D eigenvalue weighted by atomic mass is 16.3. The zero-order valence-corrected chi connectivity index (χ0v) is 16.1. The van der Waals surface area contributed by atoms with Crippen LogP contribution in [0.1, 0.15) is 40.7 Å². The van der Waals surface area contributed by atoms with Gasteiger partial charge in [0.2, 0.25) is 0 Å². The Bertz CT molecular complexity index is 822. The van der Waals surface area contributed by atoms with E-state index in [1.807, 2.05) is 0 Å². The molecule has 1 aliphatic carbocycles. The second-order valence-corrected chi connectivity index (χ2v) is 7.82. The number of carbonyl (C=O) groups is 1. The molecule has 2 aromatic rings. The summed E-state index contributed by atoms with van der Waals surface area (Å²) < 4.78 is 0. The number of amides is 1. The SMILES string of the molecule is O=C(NCC(O)CN1CCc2ccccc2C1)c1ccnc(NC2CCC2)c1. The molecular formula is C22H28N4O2. The molecule has 1 atom stereocenters. The van der Waals surface area contributed by atoms with E-state index in [-0.39, 0.29) is 12.5 Å². The van der Waals surface area contributed by atoms with Crippen LogP contribution in [0.4, 0.5) is 5.82 Å². The molecule has 2 heterocycles. The van der Waals surface area contributed by atoms with Gasteiger partial charge in [0.1, 0.15) is 5.82 Å². The molecule has 1 amide bonds. The number of aromatic nitrogens is 1. The molecule has 28 heavy (non-hydrogen) atoms. The Morgan fingerprint density at radius 1 is 1.25 bits per heavy atom. The first-order chi connectivity index (χ1) is 13.7. The number of hydrogen-bond donors (Lipinski definition) is 3. The average Bonchev–Trinajstić information content (AvgIpc) is 2.69. The third-order valence-corrected chi connectivity index (χ3v) is 5.66. The second-order valence-electron chi connectivity index (χ2n) is 7.82. The zero-order chi connectivity index (χ0) is 19.3. The van der Waals surface area contributed by atoms with E-state index in [0.29, 0.717) is 18.2 Å². The maximum Gasteiger partial charge on any atom is 0.251 e. The van der Waals surface area contributed by atoms with E-state index in [2.05, 4.69) is 44.8 Å². The number of fused-ring (bicyclic) bond motifs is 1. The predicted molar refractivity (Wildman–Crippen MR) is 109 cm³/mol. The summed E-state index contributed by atoms with van der Waals surface area (Å²) in [6.07, 6.45) is 5.62. The van der Waals surface area contributed by atoms with Crippen molar-refractivity contribution in [3.63, 3.8) is 0 Å². The maximum absolute atomic E-state index is 12.4. The van der Waals surface area contributed by atoms with Gasteiger partial charge in [-0.15, -0.1) is 0 Å². The van der Waals surface area contributed by atoms with Crippen LogP contribution in [0, 0.1) is 0 Å². The first kappa shape index (κ1) is 18.9. The first-order valence-corrected chi connectivity index (χ1v) is 10.2. The number of benzene rings is 1. The Morgan fingerprint density at radius 3 is 2.86 bits per heavy atom. The van der Waals surface area contributed by atoms with Crippen LogP contribution in [0.25, 0.3) is 0 Å². The van der Waals surface area contributed by atoms with Crippen LogP contribution in [0.15, 0.2) is 42.6 Å². The Balaban J connectivity index is 1.25. The Kier molecular flexibility index (Phi) is 5.88. The van der Waals surface area contributed by atoms with Gasteiger partial charge in [-0.05, 0) is 48.9 Å². The van der Waals surface area contributed by atoms with Crippen molar-refractivity contribution in [2.75, 3.05) is 25.0 Å².